The van der Waals surface area contributed by atoms with E-state index in [1.54, 1.807) is 0 Å². The maximum Gasteiger partial charge on any atom is 0.313 e. The number of nitrogens with zero attached hydrogens (tertiary/aromatic N) is 3. The molecule has 3 amide bonds. The summed E-state index contributed by atoms with van der Waals surface area (Å²) in [6, 6.07) is 7.90. The zero-order valence-electron chi connectivity index (χ0n) is 18.4. The van der Waals surface area contributed by atoms with E-state index in [0.717, 1.165) is 54.9 Å². The summed E-state index contributed by atoms with van der Waals surface area (Å²) in [6.07, 6.45) is 6.24. The van der Waals surface area contributed by atoms with Gasteiger partial charge >= 0.3 is 11.8 Å². The summed E-state index contributed by atoms with van der Waals surface area (Å²) in [5.74, 6) is -1.13. The van der Waals surface area contributed by atoms with Crippen LogP contribution in [0.1, 0.15) is 42.1 Å². The fourth-order valence-electron chi connectivity index (χ4n) is 5.28. The molecule has 5 rings (SSSR count). The Labute approximate surface area is 187 Å². The molecule has 3 aliphatic heterocycles. The SMILES string of the molecule is Cn1cccc1C(CNC(=O)C(=O)Nc1cc2c3c(c1)CCN3C(=O)CC2)N1CCCC1. The summed E-state index contributed by atoms with van der Waals surface area (Å²) in [7, 11) is 2.00. The Bertz CT molecular complexity index is 1070. The van der Waals surface area contributed by atoms with Crippen LogP contribution < -0.4 is 15.5 Å². The number of nitrogens with one attached hydrogen (secondary N) is 2. The van der Waals surface area contributed by atoms with Crippen molar-refractivity contribution in [3.05, 3.63) is 47.3 Å². The molecule has 2 aromatic rings. The average molecular weight is 436 g/mol. The maximum absolute atomic E-state index is 12.6. The number of hydrogen-bond acceptors (Lipinski definition) is 4. The van der Waals surface area contributed by atoms with E-state index in [0.29, 0.717) is 31.6 Å². The van der Waals surface area contributed by atoms with Crippen LogP contribution in [0.5, 0.6) is 0 Å². The van der Waals surface area contributed by atoms with Gasteiger partial charge in [-0.15, -0.1) is 0 Å². The highest BCUT2D eigenvalue weighted by molar-refractivity contribution is 6.39. The highest BCUT2D eigenvalue weighted by Gasteiger charge is 2.32. The van der Waals surface area contributed by atoms with Crippen LogP contribution in [-0.2, 0) is 34.3 Å². The van der Waals surface area contributed by atoms with Gasteiger partial charge in [0.1, 0.15) is 0 Å². The van der Waals surface area contributed by atoms with Crippen LogP contribution >= 0.6 is 0 Å². The molecule has 0 aliphatic carbocycles. The quantitative estimate of drug-likeness (QED) is 0.701. The van der Waals surface area contributed by atoms with Crippen molar-refractivity contribution < 1.29 is 14.4 Å². The van der Waals surface area contributed by atoms with Crippen LogP contribution in [0, 0.1) is 0 Å². The number of carbonyl (C=O) groups is 3. The van der Waals surface area contributed by atoms with Crippen LogP contribution in [0.2, 0.25) is 0 Å². The average Bonchev–Trinajstić information content (AvgIpc) is 3.53. The molecule has 1 unspecified atom stereocenters. The molecule has 0 saturated carbocycles. The van der Waals surface area contributed by atoms with Gasteiger partial charge in [-0.3, -0.25) is 19.3 Å². The van der Waals surface area contributed by atoms with Gasteiger partial charge in [-0.1, -0.05) is 0 Å². The van der Waals surface area contributed by atoms with Crippen molar-refractivity contribution in [1.82, 2.24) is 14.8 Å². The molecule has 0 radical (unpaired) electrons. The van der Waals surface area contributed by atoms with Crippen LogP contribution in [-0.4, -0.2) is 53.4 Å². The van der Waals surface area contributed by atoms with Crippen molar-refractivity contribution in [2.75, 3.05) is 36.4 Å². The zero-order valence-corrected chi connectivity index (χ0v) is 18.4. The fraction of sp³-hybridized carbons (Fsp3) is 0.458. The zero-order chi connectivity index (χ0) is 22.2. The van der Waals surface area contributed by atoms with Gasteiger partial charge < -0.3 is 20.1 Å². The van der Waals surface area contributed by atoms with E-state index in [2.05, 4.69) is 26.2 Å². The Kier molecular flexibility index (Phi) is 5.46. The highest BCUT2D eigenvalue weighted by atomic mass is 16.2. The lowest BCUT2D eigenvalue weighted by atomic mass is 9.98. The van der Waals surface area contributed by atoms with Crippen molar-refractivity contribution in [1.29, 1.82) is 0 Å². The second kappa shape index (κ2) is 8.43. The summed E-state index contributed by atoms with van der Waals surface area (Å²) in [5, 5.41) is 5.60. The summed E-state index contributed by atoms with van der Waals surface area (Å²) < 4.78 is 2.07. The van der Waals surface area contributed by atoms with Gasteiger partial charge in [-0.25, -0.2) is 0 Å². The second-order valence-electron chi connectivity index (χ2n) is 8.91. The van der Waals surface area contributed by atoms with E-state index in [-0.39, 0.29) is 11.9 Å². The minimum Gasteiger partial charge on any atom is -0.353 e. The van der Waals surface area contributed by atoms with E-state index < -0.39 is 11.8 Å². The largest absolute Gasteiger partial charge is 0.353 e. The lowest BCUT2D eigenvalue weighted by Crippen LogP contribution is -2.41. The molecule has 1 aromatic carbocycles. The Morgan fingerprint density at radius 2 is 1.78 bits per heavy atom. The molecule has 1 atom stereocenters. The Hall–Kier alpha value is -3.13. The van der Waals surface area contributed by atoms with Crippen LogP contribution in [0.3, 0.4) is 0 Å². The predicted molar refractivity (Wildman–Crippen MR) is 121 cm³/mol. The first-order chi connectivity index (χ1) is 15.5. The van der Waals surface area contributed by atoms with Crippen molar-refractivity contribution in [3.63, 3.8) is 0 Å². The number of carbonyl (C=O) groups excluding carboxylic acids is 3. The molecule has 3 aliphatic rings. The number of amides is 3. The van der Waals surface area contributed by atoms with E-state index in [1.165, 1.54) is 0 Å². The number of benzene rings is 1. The molecule has 8 nitrogen and oxygen atoms in total. The van der Waals surface area contributed by atoms with Crippen LogP contribution in [0.4, 0.5) is 11.4 Å². The van der Waals surface area contributed by atoms with Gasteiger partial charge in [0.15, 0.2) is 0 Å². The summed E-state index contributed by atoms with van der Waals surface area (Å²) in [4.78, 5) is 41.5. The third-order valence-electron chi connectivity index (χ3n) is 6.88. The van der Waals surface area contributed by atoms with E-state index in [4.69, 9.17) is 0 Å². The molecule has 4 heterocycles. The molecule has 8 heteroatoms. The molecule has 1 saturated heterocycles. The second-order valence-corrected chi connectivity index (χ2v) is 8.91. The first-order valence-corrected chi connectivity index (χ1v) is 11.4. The molecule has 32 heavy (non-hydrogen) atoms. The minimum atomic E-state index is -0.661. The molecule has 2 N–H and O–H groups in total. The predicted octanol–water partition coefficient (Wildman–Crippen LogP) is 1.75. The van der Waals surface area contributed by atoms with Gasteiger partial charge in [0.25, 0.3) is 0 Å². The van der Waals surface area contributed by atoms with Crippen molar-refractivity contribution in [2.24, 2.45) is 7.05 Å². The van der Waals surface area contributed by atoms with Crippen molar-refractivity contribution in [3.8, 4) is 0 Å². The molecular formula is C24H29N5O3. The monoisotopic (exact) mass is 435 g/mol. The standard InChI is InChI=1S/C24H29N5O3/c1-27-9-4-5-19(27)20(28-10-2-3-11-28)15-25-23(31)24(32)26-18-13-16-6-7-21(30)29-12-8-17(14-18)22(16)29/h4-5,9,13-14,20H,2-3,6-8,10-12,15H2,1H3,(H,25,31)(H,26,32). The van der Waals surface area contributed by atoms with Crippen LogP contribution in [0.25, 0.3) is 0 Å². The summed E-state index contributed by atoms with van der Waals surface area (Å²) >= 11 is 0. The first kappa shape index (κ1) is 20.8. The first-order valence-electron chi connectivity index (χ1n) is 11.4. The smallest absolute Gasteiger partial charge is 0.313 e. The Morgan fingerprint density at radius 1 is 1.03 bits per heavy atom. The number of rotatable bonds is 5. The third-order valence-corrected chi connectivity index (χ3v) is 6.88. The van der Waals surface area contributed by atoms with Gasteiger partial charge in [0.05, 0.1) is 11.7 Å². The normalized spacial score (nSPS) is 18.5. The molecule has 1 aromatic heterocycles. The number of anilines is 2. The molecule has 168 valence electrons. The van der Waals surface area contributed by atoms with Crippen molar-refractivity contribution >= 4 is 29.1 Å². The Balaban J connectivity index is 1.25. The topological polar surface area (TPSA) is 86.7 Å². The summed E-state index contributed by atoms with van der Waals surface area (Å²) in [5.41, 5.74) is 4.87. The van der Waals surface area contributed by atoms with E-state index >= 15 is 0 Å². The molecule has 0 bridgehead atoms. The lowest BCUT2D eigenvalue weighted by Gasteiger charge is -2.28. The van der Waals surface area contributed by atoms with Gasteiger partial charge in [0.2, 0.25) is 5.91 Å². The number of likely N-dealkylation sites (tertiary alicyclic amines) is 1. The number of hydrogen-bond donors (Lipinski definition) is 2. The van der Waals surface area contributed by atoms with E-state index in [9.17, 15) is 14.4 Å². The minimum absolute atomic E-state index is 0.0437. The lowest BCUT2D eigenvalue weighted by molar-refractivity contribution is -0.136. The fourth-order valence-corrected chi connectivity index (χ4v) is 5.28. The highest BCUT2D eigenvalue weighted by Crippen LogP contribution is 2.38. The van der Waals surface area contributed by atoms with Gasteiger partial charge in [0, 0.05) is 44.1 Å². The van der Waals surface area contributed by atoms with Gasteiger partial charge in [-0.05, 0) is 74.2 Å². The third kappa shape index (κ3) is 3.79. The van der Waals surface area contributed by atoms with E-state index in [1.807, 2.05) is 36.3 Å². The van der Waals surface area contributed by atoms with Gasteiger partial charge in [-0.2, -0.15) is 0 Å². The summed E-state index contributed by atoms with van der Waals surface area (Å²) in [6.45, 7) is 3.07. The Morgan fingerprint density at radius 3 is 2.50 bits per heavy atom. The molecular weight excluding hydrogens is 406 g/mol. The maximum atomic E-state index is 12.6. The van der Waals surface area contributed by atoms with Crippen molar-refractivity contribution in [2.45, 2.75) is 38.1 Å². The number of aryl methyl sites for hydroxylation is 2. The molecule has 0 spiro atoms. The number of aromatic nitrogens is 1. The molecule has 1 fully saturated rings. The van der Waals surface area contributed by atoms with Crippen LogP contribution in [0.15, 0.2) is 30.5 Å².